The van der Waals surface area contributed by atoms with Gasteiger partial charge in [0, 0.05) is 26.6 Å². The molecule has 0 aliphatic carbocycles. The van der Waals surface area contributed by atoms with E-state index in [4.69, 9.17) is 9.47 Å². The van der Waals surface area contributed by atoms with Crippen molar-refractivity contribution >= 4 is 23.3 Å². The zero-order chi connectivity index (χ0) is 17.6. The Morgan fingerprint density at radius 3 is 2.88 bits per heavy atom. The first-order valence-electron chi connectivity index (χ1n) is 8.42. The van der Waals surface area contributed by atoms with Gasteiger partial charge in [0.2, 0.25) is 17.5 Å². The molecule has 1 saturated heterocycles. The van der Waals surface area contributed by atoms with E-state index in [0.717, 1.165) is 51.6 Å². The van der Waals surface area contributed by atoms with Crippen molar-refractivity contribution in [1.82, 2.24) is 19.5 Å². The minimum Gasteiger partial charge on any atom is -0.493 e. The summed E-state index contributed by atoms with van der Waals surface area (Å²) < 4.78 is 12.3. The number of pyridine rings is 1. The summed E-state index contributed by atoms with van der Waals surface area (Å²) in [4.78, 5) is 18.0. The first-order valence-corrected chi connectivity index (χ1v) is 8.42. The Morgan fingerprint density at radius 1 is 1.36 bits per heavy atom. The topological polar surface area (TPSA) is 93.0 Å². The van der Waals surface area contributed by atoms with Crippen molar-refractivity contribution in [2.24, 2.45) is 0 Å². The van der Waals surface area contributed by atoms with Gasteiger partial charge in [-0.25, -0.2) is 0 Å². The average molecular weight is 348 g/mol. The van der Waals surface area contributed by atoms with Gasteiger partial charge >= 0.3 is 0 Å². The van der Waals surface area contributed by atoms with Crippen molar-refractivity contribution < 1.29 is 14.3 Å². The summed E-state index contributed by atoms with van der Waals surface area (Å²) in [7, 11) is 1.58. The normalized spacial score (nSPS) is 15.3. The molecular formula is C16H24N6O3. The molecule has 0 aromatic carbocycles. The van der Waals surface area contributed by atoms with Crippen LogP contribution >= 0.6 is 0 Å². The number of carbonyl (C=O) groups is 1. The fraction of sp³-hybridized carbons (Fsp3) is 0.562. The molecule has 2 aromatic heterocycles. The number of amides is 1. The maximum absolute atomic E-state index is 11.2. The molecule has 0 radical (unpaired) electrons. The molecule has 1 amide bonds. The van der Waals surface area contributed by atoms with Crippen LogP contribution in [0.15, 0.2) is 12.1 Å². The van der Waals surface area contributed by atoms with Gasteiger partial charge in [0.25, 0.3) is 0 Å². The lowest BCUT2D eigenvalue weighted by Crippen LogP contribution is -2.37. The molecule has 0 bridgehead atoms. The standard InChI is InChI=1S/C16H24N6O3/c1-12(23)18-16-19-15-13(24-2)4-5-14(22(15)20-16)17-6-3-7-21-8-10-25-11-9-21/h4-5,17H,3,6-11H2,1-2H3,(H,18,20,23). The molecule has 2 aromatic rings. The van der Waals surface area contributed by atoms with Crippen LogP contribution in [0.2, 0.25) is 0 Å². The van der Waals surface area contributed by atoms with Crippen molar-refractivity contribution in [3.63, 3.8) is 0 Å². The third-order valence-corrected chi connectivity index (χ3v) is 4.02. The van der Waals surface area contributed by atoms with Crippen LogP contribution in [-0.2, 0) is 9.53 Å². The monoisotopic (exact) mass is 348 g/mol. The van der Waals surface area contributed by atoms with Crippen molar-refractivity contribution in [1.29, 1.82) is 0 Å². The van der Waals surface area contributed by atoms with Gasteiger partial charge in [-0.3, -0.25) is 15.0 Å². The van der Waals surface area contributed by atoms with Crippen LogP contribution in [0.1, 0.15) is 13.3 Å². The zero-order valence-electron chi connectivity index (χ0n) is 14.6. The van der Waals surface area contributed by atoms with Crippen LogP contribution < -0.4 is 15.4 Å². The summed E-state index contributed by atoms with van der Waals surface area (Å²) in [5, 5.41) is 10.3. The van der Waals surface area contributed by atoms with Gasteiger partial charge in [-0.15, -0.1) is 5.10 Å². The van der Waals surface area contributed by atoms with E-state index < -0.39 is 0 Å². The highest BCUT2D eigenvalue weighted by molar-refractivity contribution is 5.87. The number of morpholine rings is 1. The highest BCUT2D eigenvalue weighted by Crippen LogP contribution is 2.23. The second-order valence-corrected chi connectivity index (χ2v) is 5.87. The lowest BCUT2D eigenvalue weighted by molar-refractivity contribution is -0.114. The minimum absolute atomic E-state index is 0.213. The van der Waals surface area contributed by atoms with E-state index in [1.54, 1.807) is 11.6 Å². The maximum Gasteiger partial charge on any atom is 0.249 e. The third-order valence-electron chi connectivity index (χ3n) is 4.02. The number of ether oxygens (including phenoxy) is 2. The molecule has 1 aliphatic heterocycles. The number of fused-ring (bicyclic) bond motifs is 1. The number of nitrogens with zero attached hydrogens (tertiary/aromatic N) is 4. The summed E-state index contributed by atoms with van der Waals surface area (Å²) in [5.74, 6) is 1.45. The third kappa shape index (κ3) is 4.37. The van der Waals surface area contributed by atoms with E-state index >= 15 is 0 Å². The van der Waals surface area contributed by atoms with E-state index in [0.29, 0.717) is 11.4 Å². The van der Waals surface area contributed by atoms with Gasteiger partial charge in [-0.2, -0.15) is 9.50 Å². The van der Waals surface area contributed by atoms with Gasteiger partial charge < -0.3 is 14.8 Å². The van der Waals surface area contributed by atoms with Gasteiger partial charge in [0.1, 0.15) is 5.82 Å². The Labute approximate surface area is 146 Å². The number of aromatic nitrogens is 3. The zero-order valence-corrected chi connectivity index (χ0v) is 14.6. The summed E-state index contributed by atoms with van der Waals surface area (Å²) in [5.41, 5.74) is 0.560. The highest BCUT2D eigenvalue weighted by atomic mass is 16.5. The Bertz CT molecular complexity index is 726. The molecule has 136 valence electrons. The van der Waals surface area contributed by atoms with Crippen LogP contribution in [0.25, 0.3) is 5.65 Å². The number of methoxy groups -OCH3 is 1. The lowest BCUT2D eigenvalue weighted by atomic mass is 10.3. The highest BCUT2D eigenvalue weighted by Gasteiger charge is 2.13. The van der Waals surface area contributed by atoms with Gasteiger partial charge in [-0.05, 0) is 25.1 Å². The molecule has 1 aliphatic rings. The van der Waals surface area contributed by atoms with E-state index in [1.807, 2.05) is 12.1 Å². The molecule has 2 N–H and O–H groups in total. The van der Waals surface area contributed by atoms with Gasteiger partial charge in [-0.1, -0.05) is 0 Å². The smallest absolute Gasteiger partial charge is 0.249 e. The van der Waals surface area contributed by atoms with E-state index in [9.17, 15) is 4.79 Å². The first-order chi connectivity index (χ1) is 12.2. The number of rotatable bonds is 7. The fourth-order valence-corrected chi connectivity index (χ4v) is 2.79. The van der Waals surface area contributed by atoms with E-state index in [1.165, 1.54) is 6.92 Å². The van der Waals surface area contributed by atoms with Crippen molar-refractivity contribution in [2.45, 2.75) is 13.3 Å². The number of hydrogen-bond donors (Lipinski definition) is 2. The molecule has 0 unspecified atom stereocenters. The maximum atomic E-state index is 11.2. The second kappa shape index (κ2) is 8.13. The molecule has 25 heavy (non-hydrogen) atoms. The summed E-state index contributed by atoms with van der Waals surface area (Å²) >= 11 is 0. The van der Waals surface area contributed by atoms with Crippen molar-refractivity contribution in [3.05, 3.63) is 12.1 Å². The molecule has 3 heterocycles. The summed E-state index contributed by atoms with van der Waals surface area (Å²) in [6.45, 7) is 6.90. The Hall–Kier alpha value is -2.39. The molecule has 9 nitrogen and oxygen atoms in total. The quantitative estimate of drug-likeness (QED) is 0.716. The Balaban J connectivity index is 1.65. The Kier molecular flexibility index (Phi) is 5.67. The van der Waals surface area contributed by atoms with E-state index in [2.05, 4.69) is 25.6 Å². The van der Waals surface area contributed by atoms with Gasteiger partial charge in [0.15, 0.2) is 5.75 Å². The number of anilines is 2. The molecule has 1 fully saturated rings. The van der Waals surface area contributed by atoms with Crippen LogP contribution in [-0.4, -0.2) is 71.9 Å². The predicted octanol–water partition coefficient (Wildman–Crippen LogP) is 0.830. The van der Waals surface area contributed by atoms with Crippen molar-refractivity contribution in [2.75, 3.05) is 57.1 Å². The van der Waals surface area contributed by atoms with Gasteiger partial charge in [0.05, 0.1) is 20.3 Å². The molecule has 9 heteroatoms. The van der Waals surface area contributed by atoms with Crippen LogP contribution in [0, 0.1) is 0 Å². The lowest BCUT2D eigenvalue weighted by Gasteiger charge is -2.26. The minimum atomic E-state index is -0.213. The largest absolute Gasteiger partial charge is 0.493 e. The fourth-order valence-electron chi connectivity index (χ4n) is 2.79. The predicted molar refractivity (Wildman–Crippen MR) is 94.2 cm³/mol. The molecular weight excluding hydrogens is 324 g/mol. The first kappa shape index (κ1) is 17.4. The van der Waals surface area contributed by atoms with Crippen LogP contribution in [0.3, 0.4) is 0 Å². The number of hydrogen-bond acceptors (Lipinski definition) is 7. The van der Waals surface area contributed by atoms with E-state index in [-0.39, 0.29) is 11.9 Å². The summed E-state index contributed by atoms with van der Waals surface area (Å²) in [6.07, 6.45) is 1.01. The van der Waals surface area contributed by atoms with Crippen LogP contribution in [0.5, 0.6) is 5.75 Å². The number of nitrogens with one attached hydrogen (secondary N) is 2. The SMILES string of the molecule is COc1ccc(NCCCN2CCOCC2)n2nc(NC(C)=O)nc12. The van der Waals surface area contributed by atoms with Crippen LogP contribution in [0.4, 0.5) is 11.8 Å². The summed E-state index contributed by atoms with van der Waals surface area (Å²) in [6, 6.07) is 3.73. The Morgan fingerprint density at radius 2 is 2.16 bits per heavy atom. The average Bonchev–Trinajstić information content (AvgIpc) is 3.02. The molecule has 0 atom stereocenters. The second-order valence-electron chi connectivity index (χ2n) is 5.87. The number of carbonyl (C=O) groups excluding carboxylic acids is 1. The molecule has 0 spiro atoms. The molecule has 0 saturated carbocycles. The molecule has 3 rings (SSSR count). The van der Waals surface area contributed by atoms with Crippen molar-refractivity contribution in [3.8, 4) is 5.75 Å².